The second kappa shape index (κ2) is 8.69. The summed E-state index contributed by atoms with van der Waals surface area (Å²) in [6, 6.07) is 5.54. The van der Waals surface area contributed by atoms with Gasteiger partial charge in [-0.15, -0.1) is 0 Å². The van der Waals surface area contributed by atoms with Gasteiger partial charge in [0, 0.05) is 36.1 Å². The number of aryl methyl sites for hydroxylation is 1. The number of nitrogens with zero attached hydrogens (tertiary/aromatic N) is 4. The largest absolute Gasteiger partial charge is 0.444 e. The summed E-state index contributed by atoms with van der Waals surface area (Å²) in [6.45, 7) is 11.1. The fraction of sp³-hybridized carbons (Fsp3) is 0.458. The maximum absolute atomic E-state index is 12.3. The molecule has 1 aromatic carbocycles. The molecule has 3 heterocycles. The number of fused-ring (bicyclic) bond motifs is 1. The number of alkyl carbamates (subject to hydrolysis) is 1. The van der Waals surface area contributed by atoms with E-state index in [0.717, 1.165) is 54.3 Å². The number of aromatic nitrogens is 3. The van der Waals surface area contributed by atoms with E-state index >= 15 is 0 Å². The maximum atomic E-state index is 12.3. The number of hydrogen-bond acceptors (Lipinski definition) is 5. The highest BCUT2D eigenvalue weighted by atomic mass is 35.5. The molecule has 33 heavy (non-hydrogen) atoms. The topological polar surface area (TPSA) is 71.8 Å². The van der Waals surface area contributed by atoms with Crippen molar-refractivity contribution >= 4 is 40.6 Å². The van der Waals surface area contributed by atoms with Crippen LogP contribution in [0.1, 0.15) is 46.2 Å². The molecule has 0 radical (unpaired) electrons. The van der Waals surface area contributed by atoms with Crippen molar-refractivity contribution in [3.8, 4) is 11.4 Å². The summed E-state index contributed by atoms with van der Waals surface area (Å²) in [6.07, 6.45) is 4.84. The van der Waals surface area contributed by atoms with E-state index in [1.807, 2.05) is 52.2 Å². The Kier molecular flexibility index (Phi) is 6.22. The number of benzene rings is 1. The number of carbonyl (C=O) groups is 1. The van der Waals surface area contributed by atoms with Crippen molar-refractivity contribution in [2.45, 2.75) is 58.6 Å². The second-order valence-electron chi connectivity index (χ2n) is 9.80. The van der Waals surface area contributed by atoms with Crippen molar-refractivity contribution in [2.24, 2.45) is 0 Å². The maximum Gasteiger partial charge on any atom is 0.408 e. The molecule has 0 unspecified atom stereocenters. The molecule has 1 aliphatic heterocycles. The van der Waals surface area contributed by atoms with Gasteiger partial charge in [0.25, 0.3) is 0 Å². The molecule has 0 spiro atoms. The molecule has 0 atom stereocenters. The molecular formula is C24H29Cl2N5O2. The zero-order chi connectivity index (χ0) is 24.0. The molecule has 0 saturated carbocycles. The minimum atomic E-state index is -0.524. The van der Waals surface area contributed by atoms with Crippen molar-refractivity contribution in [2.75, 3.05) is 18.0 Å². The number of halogens is 2. The van der Waals surface area contributed by atoms with Crippen molar-refractivity contribution in [3.05, 3.63) is 46.3 Å². The van der Waals surface area contributed by atoms with Gasteiger partial charge < -0.3 is 15.0 Å². The fourth-order valence-corrected chi connectivity index (χ4v) is 4.53. The van der Waals surface area contributed by atoms with Crippen molar-refractivity contribution in [1.29, 1.82) is 0 Å². The van der Waals surface area contributed by atoms with Crippen molar-refractivity contribution in [1.82, 2.24) is 19.7 Å². The Morgan fingerprint density at radius 2 is 1.85 bits per heavy atom. The third kappa shape index (κ3) is 4.89. The standard InChI is InChI=1S/C24H29Cl2N5O2/c1-15-13-27-21(18-14-28-20(31(15)18)16-7-6-8-17(25)19(16)26)30-11-9-24(5,10-12-30)29-22(32)33-23(2,3)4/h6-8,13-14H,9-12H2,1-5H3,(H,29,32). The van der Waals surface area contributed by atoms with E-state index in [2.05, 4.69) is 26.5 Å². The Hall–Kier alpha value is -2.51. The first-order chi connectivity index (χ1) is 15.5. The summed E-state index contributed by atoms with van der Waals surface area (Å²) in [7, 11) is 0. The van der Waals surface area contributed by atoms with Gasteiger partial charge in [0.15, 0.2) is 5.82 Å². The lowest BCUT2D eigenvalue weighted by Gasteiger charge is -2.40. The van der Waals surface area contributed by atoms with Crippen molar-refractivity contribution in [3.63, 3.8) is 0 Å². The first-order valence-electron chi connectivity index (χ1n) is 11.0. The number of hydrogen-bond donors (Lipinski definition) is 1. The van der Waals surface area contributed by atoms with Crippen LogP contribution in [0.15, 0.2) is 30.6 Å². The van der Waals surface area contributed by atoms with Gasteiger partial charge in [0.2, 0.25) is 0 Å². The van der Waals surface area contributed by atoms with Gasteiger partial charge in [-0.2, -0.15) is 0 Å². The molecule has 0 bridgehead atoms. The van der Waals surface area contributed by atoms with Gasteiger partial charge in [-0.1, -0.05) is 29.3 Å². The van der Waals surface area contributed by atoms with Crippen LogP contribution in [0.3, 0.4) is 0 Å². The van der Waals surface area contributed by atoms with E-state index in [-0.39, 0.29) is 11.6 Å². The Balaban J connectivity index is 1.58. The van der Waals surface area contributed by atoms with Gasteiger partial charge in [-0.05, 0) is 59.6 Å². The molecule has 2 aromatic heterocycles. The summed E-state index contributed by atoms with van der Waals surface area (Å²) in [5.74, 6) is 1.59. The van der Waals surface area contributed by atoms with Crippen LogP contribution in [0, 0.1) is 6.92 Å². The number of piperidine rings is 1. The lowest BCUT2D eigenvalue weighted by molar-refractivity contribution is 0.0448. The number of ether oxygens (including phenoxy) is 1. The average Bonchev–Trinajstić information content (AvgIpc) is 3.15. The summed E-state index contributed by atoms with van der Waals surface area (Å²) in [4.78, 5) is 23.9. The van der Waals surface area contributed by atoms with E-state index in [1.165, 1.54) is 0 Å². The van der Waals surface area contributed by atoms with Gasteiger partial charge in [-0.25, -0.2) is 14.8 Å². The number of imidazole rings is 1. The number of anilines is 1. The summed E-state index contributed by atoms with van der Waals surface area (Å²) < 4.78 is 7.51. The minimum Gasteiger partial charge on any atom is -0.444 e. The lowest BCUT2D eigenvalue weighted by atomic mass is 9.90. The van der Waals surface area contributed by atoms with E-state index in [0.29, 0.717) is 10.0 Å². The Bertz CT molecular complexity index is 1190. The van der Waals surface area contributed by atoms with Crippen LogP contribution in [0.5, 0.6) is 0 Å². The van der Waals surface area contributed by atoms with Crippen LogP contribution in [0.4, 0.5) is 10.6 Å². The van der Waals surface area contributed by atoms with E-state index in [1.54, 1.807) is 6.07 Å². The molecule has 4 rings (SSSR count). The number of amides is 1. The predicted molar refractivity (Wildman–Crippen MR) is 132 cm³/mol. The lowest BCUT2D eigenvalue weighted by Crippen LogP contribution is -2.54. The smallest absolute Gasteiger partial charge is 0.408 e. The molecule has 1 amide bonds. The van der Waals surface area contributed by atoms with E-state index in [9.17, 15) is 4.79 Å². The highest BCUT2D eigenvalue weighted by Gasteiger charge is 2.34. The van der Waals surface area contributed by atoms with Crippen LogP contribution in [0.2, 0.25) is 10.0 Å². The average molecular weight is 490 g/mol. The van der Waals surface area contributed by atoms with Crippen LogP contribution in [0.25, 0.3) is 16.9 Å². The molecule has 9 heteroatoms. The van der Waals surface area contributed by atoms with Gasteiger partial charge in [0.05, 0.1) is 16.2 Å². The SMILES string of the molecule is Cc1cnc(N2CCC(C)(NC(=O)OC(C)(C)C)CC2)c2cnc(-c3cccc(Cl)c3Cl)n12. The summed E-state index contributed by atoms with van der Waals surface area (Å²) in [5.41, 5.74) is 1.77. The molecule has 7 nitrogen and oxygen atoms in total. The highest BCUT2D eigenvalue weighted by Crippen LogP contribution is 2.35. The molecule has 3 aromatic rings. The van der Waals surface area contributed by atoms with Gasteiger partial charge in [-0.3, -0.25) is 4.40 Å². The van der Waals surface area contributed by atoms with Crippen molar-refractivity contribution < 1.29 is 9.53 Å². The first-order valence-corrected chi connectivity index (χ1v) is 11.8. The molecule has 1 saturated heterocycles. The van der Waals surface area contributed by atoms with Crippen LogP contribution in [-0.4, -0.2) is 44.7 Å². The Morgan fingerprint density at radius 3 is 2.52 bits per heavy atom. The molecule has 1 aliphatic rings. The Morgan fingerprint density at radius 1 is 1.15 bits per heavy atom. The monoisotopic (exact) mass is 489 g/mol. The predicted octanol–water partition coefficient (Wildman–Crippen LogP) is 5.90. The fourth-order valence-electron chi connectivity index (χ4n) is 4.14. The first kappa shape index (κ1) is 23.6. The van der Waals surface area contributed by atoms with Crippen LogP contribution in [-0.2, 0) is 4.74 Å². The molecular weight excluding hydrogens is 461 g/mol. The Labute approximate surface area is 204 Å². The van der Waals surface area contributed by atoms with E-state index < -0.39 is 5.60 Å². The third-order valence-electron chi connectivity index (χ3n) is 5.88. The second-order valence-corrected chi connectivity index (χ2v) is 10.6. The quantitative estimate of drug-likeness (QED) is 0.495. The molecule has 1 fully saturated rings. The number of carbonyl (C=O) groups excluding carboxylic acids is 1. The van der Waals surface area contributed by atoms with Gasteiger partial charge >= 0.3 is 6.09 Å². The zero-order valence-electron chi connectivity index (χ0n) is 19.6. The summed E-state index contributed by atoms with van der Waals surface area (Å²) in [5, 5.41) is 4.02. The molecule has 1 N–H and O–H groups in total. The molecule has 0 aliphatic carbocycles. The van der Waals surface area contributed by atoms with Crippen LogP contribution < -0.4 is 10.2 Å². The highest BCUT2D eigenvalue weighted by molar-refractivity contribution is 6.43. The number of nitrogens with one attached hydrogen (secondary N) is 1. The van der Waals surface area contributed by atoms with E-state index in [4.69, 9.17) is 32.9 Å². The van der Waals surface area contributed by atoms with Gasteiger partial charge in [0.1, 0.15) is 16.9 Å². The molecule has 176 valence electrons. The third-order valence-corrected chi connectivity index (χ3v) is 6.70. The number of rotatable bonds is 3. The minimum absolute atomic E-state index is 0.334. The summed E-state index contributed by atoms with van der Waals surface area (Å²) >= 11 is 12.7. The normalized spacial score (nSPS) is 16.2. The van der Waals surface area contributed by atoms with Crippen LogP contribution >= 0.6 is 23.2 Å². The zero-order valence-corrected chi connectivity index (χ0v) is 21.1.